The van der Waals surface area contributed by atoms with E-state index in [0.717, 1.165) is 17.7 Å². The van der Waals surface area contributed by atoms with E-state index in [1.54, 1.807) is 0 Å². The van der Waals surface area contributed by atoms with Crippen LogP contribution in [0.15, 0.2) is 41.1 Å². The summed E-state index contributed by atoms with van der Waals surface area (Å²) in [7, 11) is 0. The van der Waals surface area contributed by atoms with Crippen molar-refractivity contribution in [2.24, 2.45) is 11.5 Å². The normalized spacial score (nSPS) is 22.9. The first-order chi connectivity index (χ1) is 8.32. The molecule has 0 fully saturated rings. The molecular formula is C16H23ClN2. The summed E-state index contributed by atoms with van der Waals surface area (Å²) in [6.45, 7) is 8.31. The smallest absolute Gasteiger partial charge is 0.0640 e. The average Bonchev–Trinajstić information content (AvgIpc) is 2.24. The summed E-state index contributed by atoms with van der Waals surface area (Å²) in [4.78, 5) is 0. The zero-order chi connectivity index (χ0) is 13.5. The van der Waals surface area contributed by atoms with Gasteiger partial charge in [0.15, 0.2) is 0 Å². The summed E-state index contributed by atoms with van der Waals surface area (Å²) in [5.74, 6) is 0. The van der Waals surface area contributed by atoms with Crippen LogP contribution in [0.4, 0.5) is 0 Å². The van der Waals surface area contributed by atoms with Gasteiger partial charge < -0.3 is 11.5 Å². The minimum absolute atomic E-state index is 0. The summed E-state index contributed by atoms with van der Waals surface area (Å²) in [6, 6.07) is 6.51. The van der Waals surface area contributed by atoms with E-state index in [9.17, 15) is 0 Å². The van der Waals surface area contributed by atoms with Crippen LogP contribution in [0.25, 0.3) is 0 Å². The van der Waals surface area contributed by atoms with Crippen LogP contribution in [0, 0.1) is 13.8 Å². The first-order valence-electron chi connectivity index (χ1n) is 6.34. The molecule has 0 heterocycles. The Hall–Kier alpha value is -1.25. The maximum atomic E-state index is 6.60. The Morgan fingerprint density at radius 1 is 1.00 bits per heavy atom. The molecular weight excluding hydrogens is 256 g/mol. The average molecular weight is 279 g/mol. The first kappa shape index (κ1) is 15.8. The van der Waals surface area contributed by atoms with Gasteiger partial charge in [0.25, 0.3) is 0 Å². The first-order valence-corrected chi connectivity index (χ1v) is 6.34. The molecule has 0 aliphatic heterocycles. The second-order valence-corrected chi connectivity index (χ2v) is 5.61. The van der Waals surface area contributed by atoms with Gasteiger partial charge in [-0.1, -0.05) is 35.4 Å². The summed E-state index contributed by atoms with van der Waals surface area (Å²) in [5.41, 5.74) is 19.0. The van der Waals surface area contributed by atoms with Crippen LogP contribution in [0.5, 0.6) is 0 Å². The van der Waals surface area contributed by atoms with Crippen molar-refractivity contribution >= 4 is 12.4 Å². The summed E-state index contributed by atoms with van der Waals surface area (Å²) in [6.07, 6.45) is 2.89. The fourth-order valence-corrected chi connectivity index (χ4v) is 2.81. The molecule has 0 bridgehead atoms. The number of rotatable bonds is 1. The van der Waals surface area contributed by atoms with E-state index in [1.807, 2.05) is 6.92 Å². The van der Waals surface area contributed by atoms with Crippen LogP contribution in [-0.4, -0.2) is 0 Å². The Morgan fingerprint density at radius 2 is 1.53 bits per heavy atom. The number of benzene rings is 1. The molecule has 1 aliphatic carbocycles. The molecule has 1 atom stereocenters. The molecule has 0 spiro atoms. The molecule has 3 heteroatoms. The van der Waals surface area contributed by atoms with Crippen LogP contribution in [0.1, 0.15) is 37.0 Å². The van der Waals surface area contributed by atoms with Crippen molar-refractivity contribution in [1.82, 2.24) is 0 Å². The molecule has 0 saturated heterocycles. The molecule has 1 aromatic carbocycles. The fourth-order valence-electron chi connectivity index (χ4n) is 2.81. The van der Waals surface area contributed by atoms with Crippen LogP contribution >= 0.6 is 12.4 Å². The van der Waals surface area contributed by atoms with Gasteiger partial charge in [-0.15, -0.1) is 12.4 Å². The van der Waals surface area contributed by atoms with Crippen LogP contribution in [-0.2, 0) is 5.54 Å². The van der Waals surface area contributed by atoms with E-state index >= 15 is 0 Å². The van der Waals surface area contributed by atoms with Gasteiger partial charge in [-0.05, 0) is 50.8 Å². The van der Waals surface area contributed by atoms with Gasteiger partial charge in [-0.3, -0.25) is 0 Å². The van der Waals surface area contributed by atoms with Crippen LogP contribution in [0.3, 0.4) is 0 Å². The highest BCUT2D eigenvalue weighted by Gasteiger charge is 2.30. The third-order valence-electron chi connectivity index (χ3n) is 3.68. The molecule has 2 nitrogen and oxygen atoms in total. The van der Waals surface area contributed by atoms with E-state index in [0.29, 0.717) is 0 Å². The summed E-state index contributed by atoms with van der Waals surface area (Å²) >= 11 is 0. The van der Waals surface area contributed by atoms with Gasteiger partial charge in [0.2, 0.25) is 0 Å². The second kappa shape index (κ2) is 5.40. The lowest BCUT2D eigenvalue weighted by Gasteiger charge is -2.33. The summed E-state index contributed by atoms with van der Waals surface area (Å²) in [5, 5.41) is 0. The highest BCUT2D eigenvalue weighted by molar-refractivity contribution is 5.85. The number of hydrogen-bond donors (Lipinski definition) is 2. The molecule has 2 rings (SSSR count). The number of hydrogen-bond acceptors (Lipinski definition) is 2. The van der Waals surface area contributed by atoms with Gasteiger partial charge in [-0.2, -0.15) is 0 Å². The molecule has 1 aliphatic rings. The molecule has 4 N–H and O–H groups in total. The topological polar surface area (TPSA) is 52.0 Å². The molecule has 104 valence electrons. The number of halogens is 1. The highest BCUT2D eigenvalue weighted by Crippen LogP contribution is 2.35. The van der Waals surface area contributed by atoms with Crippen molar-refractivity contribution in [3.05, 3.63) is 57.8 Å². The zero-order valence-corrected chi connectivity index (χ0v) is 12.9. The van der Waals surface area contributed by atoms with Crippen molar-refractivity contribution in [3.8, 4) is 0 Å². The van der Waals surface area contributed by atoms with E-state index in [1.165, 1.54) is 22.3 Å². The zero-order valence-electron chi connectivity index (χ0n) is 12.1. The third-order valence-corrected chi connectivity index (χ3v) is 3.68. The molecule has 0 radical (unpaired) electrons. The quantitative estimate of drug-likeness (QED) is 0.826. The van der Waals surface area contributed by atoms with E-state index in [2.05, 4.69) is 45.0 Å². The van der Waals surface area contributed by atoms with Gasteiger partial charge in [0, 0.05) is 5.70 Å². The predicted octanol–water partition coefficient (Wildman–Crippen LogP) is 3.46. The van der Waals surface area contributed by atoms with Gasteiger partial charge >= 0.3 is 0 Å². The Labute approximate surface area is 122 Å². The van der Waals surface area contributed by atoms with E-state index < -0.39 is 5.54 Å². The number of aryl methyl sites for hydroxylation is 2. The molecule has 1 aromatic rings. The molecule has 0 amide bonds. The number of allylic oxidation sites excluding steroid dienone is 1. The molecule has 1 unspecified atom stereocenters. The summed E-state index contributed by atoms with van der Waals surface area (Å²) < 4.78 is 0. The fraction of sp³-hybridized carbons (Fsp3) is 0.375. The molecule has 19 heavy (non-hydrogen) atoms. The van der Waals surface area contributed by atoms with Gasteiger partial charge in [0.05, 0.1) is 5.54 Å². The monoisotopic (exact) mass is 278 g/mol. The van der Waals surface area contributed by atoms with Crippen LogP contribution in [0.2, 0.25) is 0 Å². The van der Waals surface area contributed by atoms with Crippen molar-refractivity contribution in [2.75, 3.05) is 0 Å². The van der Waals surface area contributed by atoms with Crippen LogP contribution < -0.4 is 11.5 Å². The lowest BCUT2D eigenvalue weighted by atomic mass is 9.78. The third kappa shape index (κ3) is 3.02. The van der Waals surface area contributed by atoms with E-state index in [4.69, 9.17) is 11.5 Å². The maximum absolute atomic E-state index is 6.60. The van der Waals surface area contributed by atoms with Gasteiger partial charge in [0.1, 0.15) is 0 Å². The maximum Gasteiger partial charge on any atom is 0.0640 e. The standard InChI is InChI=1S/C16H22N2.ClH/c1-10-5-11(2)7-14(6-10)16(18)8-12(3)15(17)13(4)9-16;/h5-8H,9,17-18H2,1-4H3;1H. The molecule has 0 aromatic heterocycles. The Bertz CT molecular complexity index is 538. The highest BCUT2D eigenvalue weighted by atomic mass is 35.5. The Morgan fingerprint density at radius 3 is 2.00 bits per heavy atom. The second-order valence-electron chi connectivity index (χ2n) is 5.61. The minimum atomic E-state index is -0.423. The van der Waals surface area contributed by atoms with Crippen molar-refractivity contribution in [2.45, 2.75) is 39.7 Å². The predicted molar refractivity (Wildman–Crippen MR) is 84.3 cm³/mol. The largest absolute Gasteiger partial charge is 0.399 e. The Kier molecular flexibility index (Phi) is 4.49. The lowest BCUT2D eigenvalue weighted by molar-refractivity contribution is 0.538. The van der Waals surface area contributed by atoms with Gasteiger partial charge in [-0.25, -0.2) is 0 Å². The number of nitrogens with two attached hydrogens (primary N) is 2. The lowest BCUT2D eigenvalue weighted by Crippen LogP contribution is -2.38. The van der Waals surface area contributed by atoms with E-state index in [-0.39, 0.29) is 12.4 Å². The SMILES string of the molecule is CC1=CC(N)(c2cc(C)cc(C)c2)CC(C)=C1N.Cl. The Balaban J connectivity index is 0.00000180. The van der Waals surface area contributed by atoms with Crippen molar-refractivity contribution in [1.29, 1.82) is 0 Å². The van der Waals surface area contributed by atoms with Crippen molar-refractivity contribution < 1.29 is 0 Å². The van der Waals surface area contributed by atoms with Crippen molar-refractivity contribution in [3.63, 3.8) is 0 Å². The molecule has 0 saturated carbocycles. The minimum Gasteiger partial charge on any atom is -0.399 e.